The Balaban J connectivity index is 1.97. The molecular formula is C21H26N2O2. The largest absolute Gasteiger partial charge is 0.350 e. The molecule has 132 valence electrons. The van der Waals surface area contributed by atoms with E-state index in [4.69, 9.17) is 0 Å². The molecule has 4 nitrogen and oxygen atoms in total. The molecule has 2 rings (SSSR count). The summed E-state index contributed by atoms with van der Waals surface area (Å²) in [6.07, 6.45) is 0.268. The summed E-state index contributed by atoms with van der Waals surface area (Å²) in [5.41, 5.74) is 4.21. The molecule has 0 aromatic heterocycles. The fraction of sp³-hybridized carbons (Fsp3) is 0.333. The van der Waals surface area contributed by atoms with Gasteiger partial charge in [0.2, 0.25) is 11.8 Å². The first-order chi connectivity index (χ1) is 11.9. The van der Waals surface area contributed by atoms with Gasteiger partial charge in [-0.05, 0) is 49.6 Å². The molecule has 0 aliphatic carbocycles. The zero-order valence-electron chi connectivity index (χ0n) is 15.4. The van der Waals surface area contributed by atoms with E-state index in [0.29, 0.717) is 6.54 Å². The van der Waals surface area contributed by atoms with Crippen LogP contribution in [-0.4, -0.2) is 18.4 Å². The molecule has 1 unspecified atom stereocenters. The Morgan fingerprint density at radius 1 is 1.04 bits per heavy atom. The molecule has 1 N–H and O–H groups in total. The quantitative estimate of drug-likeness (QED) is 0.868. The minimum atomic E-state index is -0.0635. The molecule has 0 radical (unpaired) electrons. The summed E-state index contributed by atoms with van der Waals surface area (Å²) < 4.78 is 0. The summed E-state index contributed by atoms with van der Waals surface area (Å²) in [4.78, 5) is 25.9. The van der Waals surface area contributed by atoms with E-state index in [-0.39, 0.29) is 24.3 Å². The maximum Gasteiger partial charge on any atom is 0.223 e. The zero-order chi connectivity index (χ0) is 18.4. The van der Waals surface area contributed by atoms with Gasteiger partial charge >= 0.3 is 0 Å². The molecule has 0 aliphatic heterocycles. The van der Waals surface area contributed by atoms with Gasteiger partial charge in [-0.15, -0.1) is 0 Å². The Kier molecular flexibility index (Phi) is 6.34. The molecule has 2 aromatic rings. The van der Waals surface area contributed by atoms with Crippen LogP contribution in [0.5, 0.6) is 0 Å². The number of nitrogens with one attached hydrogen (secondary N) is 1. The van der Waals surface area contributed by atoms with E-state index >= 15 is 0 Å². The van der Waals surface area contributed by atoms with Crippen molar-refractivity contribution in [1.29, 1.82) is 0 Å². The lowest BCUT2D eigenvalue weighted by atomic mass is 10.1. The predicted octanol–water partition coefficient (Wildman–Crippen LogP) is 3.92. The first-order valence-corrected chi connectivity index (χ1v) is 8.58. The monoisotopic (exact) mass is 338 g/mol. The summed E-state index contributed by atoms with van der Waals surface area (Å²) in [5, 5.41) is 2.99. The van der Waals surface area contributed by atoms with Gasteiger partial charge in [0, 0.05) is 25.6 Å². The number of nitrogens with zero attached hydrogens (tertiary/aromatic N) is 1. The first-order valence-electron chi connectivity index (χ1n) is 8.58. The second kappa shape index (κ2) is 8.47. The van der Waals surface area contributed by atoms with Gasteiger partial charge in [-0.2, -0.15) is 0 Å². The second-order valence-corrected chi connectivity index (χ2v) is 6.39. The van der Waals surface area contributed by atoms with E-state index < -0.39 is 0 Å². The Morgan fingerprint density at radius 3 is 2.32 bits per heavy atom. The van der Waals surface area contributed by atoms with Crippen LogP contribution >= 0.6 is 0 Å². The van der Waals surface area contributed by atoms with Crippen LogP contribution in [0, 0.1) is 13.8 Å². The Morgan fingerprint density at radius 2 is 1.72 bits per heavy atom. The van der Waals surface area contributed by atoms with Crippen molar-refractivity contribution >= 4 is 17.5 Å². The maximum absolute atomic E-state index is 12.3. The minimum absolute atomic E-state index is 0.0545. The SMILES string of the molecule is CC(=O)N(CCC(=O)NC(C)c1ccccc1)c1ccc(C)c(C)c1. The summed E-state index contributed by atoms with van der Waals surface area (Å²) in [6, 6.07) is 15.7. The Hall–Kier alpha value is -2.62. The number of carbonyl (C=O) groups excluding carboxylic acids is 2. The van der Waals surface area contributed by atoms with Gasteiger partial charge in [0.15, 0.2) is 0 Å². The molecule has 0 heterocycles. The van der Waals surface area contributed by atoms with Crippen LogP contribution in [0.15, 0.2) is 48.5 Å². The predicted molar refractivity (Wildman–Crippen MR) is 102 cm³/mol. The van der Waals surface area contributed by atoms with Gasteiger partial charge in [-0.3, -0.25) is 9.59 Å². The van der Waals surface area contributed by atoms with Crippen LogP contribution in [0.25, 0.3) is 0 Å². The fourth-order valence-corrected chi connectivity index (χ4v) is 2.71. The lowest BCUT2D eigenvalue weighted by Gasteiger charge is -2.22. The standard InChI is InChI=1S/C21H26N2O2/c1-15-10-11-20(14-16(15)2)23(18(4)24)13-12-21(25)22-17(3)19-8-6-5-7-9-19/h5-11,14,17H,12-13H2,1-4H3,(H,22,25). The van der Waals surface area contributed by atoms with Crippen LogP contribution in [0.1, 0.15) is 43.0 Å². The van der Waals surface area contributed by atoms with E-state index in [1.54, 1.807) is 4.90 Å². The minimum Gasteiger partial charge on any atom is -0.350 e. The summed E-state index contributed by atoms with van der Waals surface area (Å²) in [5.74, 6) is -0.126. The van der Waals surface area contributed by atoms with Crippen molar-refractivity contribution in [3.8, 4) is 0 Å². The average molecular weight is 338 g/mol. The highest BCUT2D eigenvalue weighted by atomic mass is 16.2. The number of hydrogen-bond donors (Lipinski definition) is 1. The van der Waals surface area contributed by atoms with Gasteiger partial charge in [0.05, 0.1) is 6.04 Å². The van der Waals surface area contributed by atoms with Crippen LogP contribution in [0.3, 0.4) is 0 Å². The number of rotatable bonds is 6. The van der Waals surface area contributed by atoms with E-state index in [9.17, 15) is 9.59 Å². The zero-order valence-corrected chi connectivity index (χ0v) is 15.4. The average Bonchev–Trinajstić information content (AvgIpc) is 2.58. The second-order valence-electron chi connectivity index (χ2n) is 6.39. The van der Waals surface area contributed by atoms with Crippen LogP contribution in [0.2, 0.25) is 0 Å². The van der Waals surface area contributed by atoms with Crippen molar-refractivity contribution in [3.05, 3.63) is 65.2 Å². The molecule has 0 spiro atoms. The summed E-state index contributed by atoms with van der Waals surface area (Å²) in [7, 11) is 0. The molecule has 1 atom stereocenters. The highest BCUT2D eigenvalue weighted by Gasteiger charge is 2.15. The molecule has 2 amide bonds. The molecule has 0 saturated carbocycles. The third-order valence-corrected chi connectivity index (χ3v) is 4.42. The number of anilines is 1. The van der Waals surface area contributed by atoms with Crippen molar-refractivity contribution < 1.29 is 9.59 Å². The van der Waals surface area contributed by atoms with Crippen molar-refractivity contribution in [2.24, 2.45) is 0 Å². The van der Waals surface area contributed by atoms with Crippen molar-refractivity contribution in [2.75, 3.05) is 11.4 Å². The lowest BCUT2D eigenvalue weighted by molar-refractivity contribution is -0.121. The number of carbonyl (C=O) groups is 2. The number of benzene rings is 2. The molecular weight excluding hydrogens is 312 g/mol. The van der Waals surface area contributed by atoms with Crippen LogP contribution < -0.4 is 10.2 Å². The van der Waals surface area contributed by atoms with Crippen LogP contribution in [0.4, 0.5) is 5.69 Å². The Labute approximate surface area is 149 Å². The highest BCUT2D eigenvalue weighted by Crippen LogP contribution is 2.19. The molecule has 0 fully saturated rings. The maximum atomic E-state index is 12.3. The highest BCUT2D eigenvalue weighted by molar-refractivity contribution is 5.92. The van der Waals surface area contributed by atoms with Gasteiger partial charge in [-0.1, -0.05) is 36.4 Å². The number of hydrogen-bond acceptors (Lipinski definition) is 2. The fourth-order valence-electron chi connectivity index (χ4n) is 2.71. The topological polar surface area (TPSA) is 49.4 Å². The van der Waals surface area contributed by atoms with E-state index in [1.807, 2.05) is 69.3 Å². The molecule has 0 bridgehead atoms. The van der Waals surface area contributed by atoms with Crippen LogP contribution in [-0.2, 0) is 9.59 Å². The first kappa shape index (κ1) is 18.7. The van der Waals surface area contributed by atoms with Gasteiger partial charge < -0.3 is 10.2 Å². The van der Waals surface area contributed by atoms with E-state index in [1.165, 1.54) is 12.5 Å². The van der Waals surface area contributed by atoms with E-state index in [0.717, 1.165) is 16.8 Å². The van der Waals surface area contributed by atoms with Crippen molar-refractivity contribution in [1.82, 2.24) is 5.32 Å². The molecule has 4 heteroatoms. The van der Waals surface area contributed by atoms with E-state index in [2.05, 4.69) is 5.32 Å². The molecule has 25 heavy (non-hydrogen) atoms. The van der Waals surface area contributed by atoms with Gasteiger partial charge in [0.1, 0.15) is 0 Å². The third kappa shape index (κ3) is 5.18. The van der Waals surface area contributed by atoms with Crippen molar-refractivity contribution in [3.63, 3.8) is 0 Å². The molecule has 0 aliphatic rings. The molecule has 2 aromatic carbocycles. The molecule has 0 saturated heterocycles. The van der Waals surface area contributed by atoms with Gasteiger partial charge in [-0.25, -0.2) is 0 Å². The third-order valence-electron chi connectivity index (χ3n) is 4.42. The summed E-state index contributed by atoms with van der Waals surface area (Å²) in [6.45, 7) is 7.91. The number of aryl methyl sites for hydroxylation is 2. The number of amides is 2. The lowest BCUT2D eigenvalue weighted by Crippen LogP contribution is -2.34. The van der Waals surface area contributed by atoms with Gasteiger partial charge in [0.25, 0.3) is 0 Å². The normalized spacial score (nSPS) is 11.7. The smallest absolute Gasteiger partial charge is 0.223 e. The summed E-state index contributed by atoms with van der Waals surface area (Å²) >= 11 is 0. The Bertz CT molecular complexity index is 741. The van der Waals surface area contributed by atoms with Crippen molar-refractivity contribution in [2.45, 2.75) is 40.2 Å².